The highest BCUT2D eigenvalue weighted by Gasteiger charge is 2.16. The van der Waals surface area contributed by atoms with Crippen LogP contribution in [0.4, 0.5) is 0 Å². The summed E-state index contributed by atoms with van der Waals surface area (Å²) in [5.41, 5.74) is 3.64. The normalized spacial score (nSPS) is 12.1. The number of hydrogen-bond donors (Lipinski definition) is 1. The number of carbonyl (C=O) groups excluding carboxylic acids is 1. The number of benzene rings is 2. The lowest BCUT2D eigenvalue weighted by Crippen LogP contribution is -2.37. The first-order valence-electron chi connectivity index (χ1n) is 10.9. The molecule has 2 heterocycles. The van der Waals surface area contributed by atoms with Crippen LogP contribution in [0.3, 0.4) is 0 Å². The standard InChI is InChI=1S/C25H27N5O2S/c1-17-9-12-21(18(2)15-17)33-24-23-28-30(25(32)29(23)14-13-26-24)16-22(31)27-19(3)10-11-20-7-5-4-6-8-20/h4-9,12-15,19H,10-11,16H2,1-3H3,(H,27,31). The third-order valence-corrected chi connectivity index (χ3v) is 6.58. The van der Waals surface area contributed by atoms with Gasteiger partial charge in [-0.1, -0.05) is 59.8 Å². The van der Waals surface area contributed by atoms with Crippen molar-refractivity contribution >= 4 is 23.3 Å². The Morgan fingerprint density at radius 1 is 1.15 bits per heavy atom. The molecule has 33 heavy (non-hydrogen) atoms. The molecule has 0 saturated heterocycles. The Morgan fingerprint density at radius 2 is 1.94 bits per heavy atom. The van der Waals surface area contributed by atoms with Crippen LogP contribution in [0.15, 0.2) is 75.6 Å². The average molecular weight is 462 g/mol. The van der Waals surface area contributed by atoms with Gasteiger partial charge in [-0.25, -0.2) is 18.9 Å². The minimum Gasteiger partial charge on any atom is -0.352 e. The Morgan fingerprint density at radius 3 is 2.70 bits per heavy atom. The van der Waals surface area contributed by atoms with Crippen molar-refractivity contribution in [3.63, 3.8) is 0 Å². The maximum absolute atomic E-state index is 12.8. The molecule has 170 valence electrons. The van der Waals surface area contributed by atoms with Crippen molar-refractivity contribution < 1.29 is 4.79 Å². The van der Waals surface area contributed by atoms with Gasteiger partial charge in [0.15, 0.2) is 5.65 Å². The summed E-state index contributed by atoms with van der Waals surface area (Å²) in [6.45, 7) is 5.93. The number of rotatable bonds is 8. The van der Waals surface area contributed by atoms with E-state index < -0.39 is 0 Å². The fourth-order valence-corrected chi connectivity index (χ4v) is 4.58. The summed E-state index contributed by atoms with van der Waals surface area (Å²) in [7, 11) is 0. The molecule has 0 radical (unpaired) electrons. The largest absolute Gasteiger partial charge is 0.352 e. The summed E-state index contributed by atoms with van der Waals surface area (Å²) in [4.78, 5) is 30.9. The number of amides is 1. The summed E-state index contributed by atoms with van der Waals surface area (Å²) in [6, 6.07) is 16.3. The van der Waals surface area contributed by atoms with Crippen molar-refractivity contribution in [1.29, 1.82) is 0 Å². The minimum absolute atomic E-state index is 0.0114. The van der Waals surface area contributed by atoms with Crippen LogP contribution < -0.4 is 11.0 Å². The topological polar surface area (TPSA) is 81.3 Å². The number of aromatic nitrogens is 4. The molecule has 4 rings (SSSR count). The molecule has 1 atom stereocenters. The minimum atomic E-state index is -0.359. The van der Waals surface area contributed by atoms with Crippen LogP contribution in [0.1, 0.15) is 30.0 Å². The van der Waals surface area contributed by atoms with Gasteiger partial charge in [-0.05, 0) is 50.8 Å². The molecule has 0 fully saturated rings. The van der Waals surface area contributed by atoms with E-state index in [4.69, 9.17) is 0 Å². The van der Waals surface area contributed by atoms with E-state index >= 15 is 0 Å². The van der Waals surface area contributed by atoms with Crippen LogP contribution in [0.5, 0.6) is 0 Å². The summed E-state index contributed by atoms with van der Waals surface area (Å²) < 4.78 is 2.63. The van der Waals surface area contributed by atoms with Crippen LogP contribution >= 0.6 is 11.8 Å². The fourth-order valence-electron chi connectivity index (χ4n) is 3.68. The second kappa shape index (κ2) is 10.0. The van der Waals surface area contributed by atoms with E-state index in [1.54, 1.807) is 12.4 Å². The SMILES string of the molecule is Cc1ccc(Sc2nccn3c(=O)n(CC(=O)NC(C)CCc4ccccc4)nc23)c(C)c1. The van der Waals surface area contributed by atoms with Gasteiger partial charge in [-0.15, -0.1) is 5.10 Å². The Labute approximate surface area is 196 Å². The zero-order valence-corrected chi connectivity index (χ0v) is 19.8. The van der Waals surface area contributed by atoms with E-state index in [9.17, 15) is 9.59 Å². The Kier molecular flexibility index (Phi) is 6.93. The molecule has 1 unspecified atom stereocenters. The van der Waals surface area contributed by atoms with Crippen LogP contribution in [-0.2, 0) is 17.8 Å². The molecule has 1 N–H and O–H groups in total. The molecule has 0 aliphatic carbocycles. The number of nitrogens with one attached hydrogen (secondary N) is 1. The summed E-state index contributed by atoms with van der Waals surface area (Å²) in [5.74, 6) is -0.238. The zero-order valence-electron chi connectivity index (χ0n) is 19.0. The fraction of sp³-hybridized carbons (Fsp3) is 0.280. The van der Waals surface area contributed by atoms with Gasteiger partial charge in [0.2, 0.25) is 5.91 Å². The van der Waals surface area contributed by atoms with Crippen molar-refractivity contribution in [1.82, 2.24) is 24.5 Å². The summed E-state index contributed by atoms with van der Waals surface area (Å²) in [5, 5.41) is 8.01. The van der Waals surface area contributed by atoms with Crippen molar-refractivity contribution in [3.8, 4) is 0 Å². The van der Waals surface area contributed by atoms with Crippen molar-refractivity contribution in [3.05, 3.63) is 88.1 Å². The van der Waals surface area contributed by atoms with E-state index in [0.717, 1.165) is 23.3 Å². The first-order chi connectivity index (χ1) is 15.9. The third-order valence-electron chi connectivity index (χ3n) is 5.42. The molecule has 0 spiro atoms. The van der Waals surface area contributed by atoms with Crippen molar-refractivity contribution in [2.75, 3.05) is 0 Å². The molecule has 0 aliphatic rings. The van der Waals surface area contributed by atoms with Gasteiger partial charge in [-0.3, -0.25) is 4.79 Å². The quantitative estimate of drug-likeness (QED) is 0.432. The maximum atomic E-state index is 12.8. The van der Waals surface area contributed by atoms with E-state index in [2.05, 4.69) is 40.5 Å². The van der Waals surface area contributed by atoms with Crippen LogP contribution in [0.2, 0.25) is 0 Å². The van der Waals surface area contributed by atoms with Gasteiger partial charge >= 0.3 is 5.69 Å². The van der Waals surface area contributed by atoms with Gasteiger partial charge in [0.1, 0.15) is 11.6 Å². The molecule has 1 amide bonds. The molecular weight excluding hydrogens is 434 g/mol. The average Bonchev–Trinajstić information content (AvgIpc) is 3.11. The lowest BCUT2D eigenvalue weighted by Gasteiger charge is -2.13. The molecule has 0 saturated carbocycles. The van der Waals surface area contributed by atoms with Gasteiger partial charge in [-0.2, -0.15) is 0 Å². The number of hydrogen-bond acceptors (Lipinski definition) is 5. The molecule has 7 nitrogen and oxygen atoms in total. The highest BCUT2D eigenvalue weighted by Crippen LogP contribution is 2.30. The molecule has 8 heteroatoms. The van der Waals surface area contributed by atoms with Crippen molar-refractivity contribution in [2.24, 2.45) is 0 Å². The highest BCUT2D eigenvalue weighted by atomic mass is 32.2. The van der Waals surface area contributed by atoms with Gasteiger partial charge in [0.05, 0.1) is 0 Å². The predicted molar refractivity (Wildman–Crippen MR) is 130 cm³/mol. The smallest absolute Gasteiger partial charge is 0.350 e. The van der Waals surface area contributed by atoms with E-state index in [1.807, 2.05) is 44.2 Å². The maximum Gasteiger partial charge on any atom is 0.350 e. The van der Waals surface area contributed by atoms with Gasteiger partial charge in [0.25, 0.3) is 0 Å². The molecule has 0 aliphatic heterocycles. The lowest BCUT2D eigenvalue weighted by molar-refractivity contribution is -0.122. The Hall–Kier alpha value is -3.39. The monoisotopic (exact) mass is 461 g/mol. The molecule has 0 bridgehead atoms. The van der Waals surface area contributed by atoms with E-state index in [0.29, 0.717) is 10.7 Å². The number of carbonyl (C=O) groups is 1. The molecule has 2 aromatic carbocycles. The Bertz CT molecular complexity index is 1330. The number of aryl methyl sites for hydroxylation is 3. The van der Waals surface area contributed by atoms with Crippen LogP contribution in [0.25, 0.3) is 5.65 Å². The van der Waals surface area contributed by atoms with E-state index in [1.165, 1.54) is 32.0 Å². The van der Waals surface area contributed by atoms with Crippen LogP contribution in [0, 0.1) is 13.8 Å². The first-order valence-corrected chi connectivity index (χ1v) is 11.7. The second-order valence-corrected chi connectivity index (χ2v) is 9.26. The molecule has 4 aromatic rings. The first kappa shape index (κ1) is 22.8. The lowest BCUT2D eigenvalue weighted by atomic mass is 10.1. The van der Waals surface area contributed by atoms with Crippen molar-refractivity contribution in [2.45, 2.75) is 56.1 Å². The van der Waals surface area contributed by atoms with E-state index in [-0.39, 0.29) is 24.2 Å². The predicted octanol–water partition coefficient (Wildman–Crippen LogP) is 3.80. The molecular formula is C25H27N5O2S. The zero-order chi connectivity index (χ0) is 23.4. The van der Waals surface area contributed by atoms with Crippen LogP contribution in [-0.4, -0.2) is 31.1 Å². The van der Waals surface area contributed by atoms with Gasteiger partial charge in [0, 0.05) is 23.3 Å². The van der Waals surface area contributed by atoms with Gasteiger partial charge < -0.3 is 5.32 Å². The summed E-state index contributed by atoms with van der Waals surface area (Å²) in [6.07, 6.45) is 4.85. The number of fused-ring (bicyclic) bond motifs is 1. The number of nitrogens with zero attached hydrogens (tertiary/aromatic N) is 4. The third kappa shape index (κ3) is 5.51. The highest BCUT2D eigenvalue weighted by molar-refractivity contribution is 7.99. The summed E-state index contributed by atoms with van der Waals surface area (Å²) >= 11 is 1.46. The second-order valence-electron chi connectivity index (χ2n) is 8.23. The molecule has 2 aromatic heterocycles. The Balaban J connectivity index is 1.46.